The van der Waals surface area contributed by atoms with Gasteiger partial charge in [0.2, 0.25) is 0 Å². The van der Waals surface area contributed by atoms with Gasteiger partial charge in [-0.3, -0.25) is 0 Å². The normalized spacial score (nSPS) is 16.1. The van der Waals surface area contributed by atoms with Gasteiger partial charge in [-0.2, -0.15) is 0 Å². The second-order valence-corrected chi connectivity index (χ2v) is 5.45. The summed E-state index contributed by atoms with van der Waals surface area (Å²) in [6, 6.07) is 3.71. The summed E-state index contributed by atoms with van der Waals surface area (Å²) in [5, 5.41) is 1.71. The minimum absolute atomic E-state index is 0.294. The third-order valence-corrected chi connectivity index (χ3v) is 4.12. The van der Waals surface area contributed by atoms with Crippen molar-refractivity contribution in [1.29, 1.82) is 0 Å². The van der Waals surface area contributed by atoms with Crippen molar-refractivity contribution in [2.75, 3.05) is 6.61 Å². The predicted molar refractivity (Wildman–Crippen MR) is 68.3 cm³/mol. The molecule has 3 nitrogen and oxygen atoms in total. The molecule has 0 N–H and O–H groups in total. The Kier molecular flexibility index (Phi) is 4.42. The smallest absolute Gasteiger partial charge is 0.339 e. The molecule has 1 saturated carbocycles. The van der Waals surface area contributed by atoms with Gasteiger partial charge in [-0.05, 0) is 31.9 Å². The third kappa shape index (κ3) is 3.46. The predicted octanol–water partition coefficient (Wildman–Crippen LogP) is 3.29. The fraction of sp³-hybridized carbons (Fsp3) is 0.538. The average molecular weight is 251 g/mol. The quantitative estimate of drug-likeness (QED) is 0.770. The number of esters is 1. The fourth-order valence-electron chi connectivity index (χ4n) is 1.96. The van der Waals surface area contributed by atoms with Crippen molar-refractivity contribution in [3.05, 3.63) is 23.9 Å². The fourth-order valence-corrected chi connectivity index (χ4v) is 3.13. The average Bonchev–Trinajstić information content (AvgIpc) is 2.83. The molecular formula is C13H17NO2S. The van der Waals surface area contributed by atoms with Crippen molar-refractivity contribution in [2.24, 2.45) is 0 Å². The highest BCUT2D eigenvalue weighted by atomic mass is 32.2. The van der Waals surface area contributed by atoms with Crippen LogP contribution in [0.25, 0.3) is 0 Å². The molecule has 0 amide bonds. The Labute approximate surface area is 106 Å². The number of rotatable bonds is 4. The summed E-state index contributed by atoms with van der Waals surface area (Å²) in [7, 11) is 0. The van der Waals surface area contributed by atoms with E-state index in [0.29, 0.717) is 17.4 Å². The number of carbonyl (C=O) groups excluding carboxylic acids is 1. The summed E-state index contributed by atoms with van der Waals surface area (Å²) >= 11 is 1.82. The van der Waals surface area contributed by atoms with E-state index in [1.54, 1.807) is 19.2 Å². The van der Waals surface area contributed by atoms with Gasteiger partial charge in [0.05, 0.1) is 17.2 Å². The van der Waals surface area contributed by atoms with E-state index < -0.39 is 0 Å². The van der Waals surface area contributed by atoms with Gasteiger partial charge in [0.15, 0.2) is 0 Å². The molecule has 1 heterocycles. The summed E-state index contributed by atoms with van der Waals surface area (Å²) in [6.07, 6.45) is 6.84. The van der Waals surface area contributed by atoms with Crippen LogP contribution in [0.4, 0.5) is 0 Å². The number of hydrogen-bond donors (Lipinski definition) is 0. The van der Waals surface area contributed by atoms with Crippen molar-refractivity contribution in [2.45, 2.75) is 42.9 Å². The Morgan fingerprint density at radius 3 is 2.82 bits per heavy atom. The van der Waals surface area contributed by atoms with Crippen molar-refractivity contribution >= 4 is 17.7 Å². The summed E-state index contributed by atoms with van der Waals surface area (Å²) in [5.41, 5.74) is 0.530. The lowest BCUT2D eigenvalue weighted by Crippen LogP contribution is -2.05. The summed E-state index contributed by atoms with van der Waals surface area (Å²) in [4.78, 5) is 15.7. The molecule has 4 heteroatoms. The first-order valence-corrected chi connectivity index (χ1v) is 6.97. The number of nitrogens with zero attached hydrogens (tertiary/aromatic N) is 1. The van der Waals surface area contributed by atoms with E-state index in [0.717, 1.165) is 5.03 Å². The van der Waals surface area contributed by atoms with Gasteiger partial charge in [-0.1, -0.05) is 12.8 Å². The highest BCUT2D eigenvalue weighted by Gasteiger charge is 2.17. The topological polar surface area (TPSA) is 39.2 Å². The van der Waals surface area contributed by atoms with Crippen LogP contribution in [0, 0.1) is 0 Å². The zero-order chi connectivity index (χ0) is 12.1. The third-order valence-electron chi connectivity index (χ3n) is 2.84. The molecule has 1 aromatic rings. The maximum absolute atomic E-state index is 11.4. The van der Waals surface area contributed by atoms with Gasteiger partial charge in [0.25, 0.3) is 0 Å². The van der Waals surface area contributed by atoms with Crippen LogP contribution in [-0.2, 0) is 4.74 Å². The molecule has 2 rings (SSSR count). The molecule has 1 aromatic heterocycles. The standard InChI is InChI=1S/C13H17NO2S/c1-2-16-13(15)10-7-8-12(14-9-10)17-11-5-3-4-6-11/h7-9,11H,2-6H2,1H3. The van der Waals surface area contributed by atoms with E-state index in [1.807, 2.05) is 17.8 Å². The molecule has 0 spiro atoms. The first-order chi connectivity index (χ1) is 8.29. The maximum atomic E-state index is 11.4. The van der Waals surface area contributed by atoms with E-state index in [1.165, 1.54) is 25.7 Å². The number of ether oxygens (including phenoxy) is 1. The lowest BCUT2D eigenvalue weighted by atomic mass is 10.3. The van der Waals surface area contributed by atoms with Crippen LogP contribution in [0.1, 0.15) is 43.0 Å². The van der Waals surface area contributed by atoms with Crippen LogP contribution in [0.5, 0.6) is 0 Å². The van der Waals surface area contributed by atoms with Crippen molar-refractivity contribution in [3.8, 4) is 0 Å². The van der Waals surface area contributed by atoms with E-state index in [4.69, 9.17) is 4.74 Å². The molecule has 17 heavy (non-hydrogen) atoms. The van der Waals surface area contributed by atoms with Gasteiger partial charge in [0, 0.05) is 11.4 Å². The van der Waals surface area contributed by atoms with Crippen molar-refractivity contribution in [1.82, 2.24) is 4.98 Å². The van der Waals surface area contributed by atoms with E-state index in [9.17, 15) is 4.79 Å². The minimum Gasteiger partial charge on any atom is -0.462 e. The first kappa shape index (κ1) is 12.4. The number of aromatic nitrogens is 1. The van der Waals surface area contributed by atoms with Crippen molar-refractivity contribution in [3.63, 3.8) is 0 Å². The van der Waals surface area contributed by atoms with Gasteiger partial charge in [-0.25, -0.2) is 9.78 Å². The van der Waals surface area contributed by atoms with Crippen LogP contribution in [0.2, 0.25) is 0 Å². The Bertz CT molecular complexity index is 372. The summed E-state index contributed by atoms with van der Waals surface area (Å²) in [6.45, 7) is 2.20. The van der Waals surface area contributed by atoms with Crippen LogP contribution < -0.4 is 0 Å². The highest BCUT2D eigenvalue weighted by molar-refractivity contribution is 7.99. The van der Waals surface area contributed by atoms with E-state index in [-0.39, 0.29) is 5.97 Å². The SMILES string of the molecule is CCOC(=O)c1ccc(SC2CCCC2)nc1. The Balaban J connectivity index is 1.94. The summed E-state index contributed by atoms with van der Waals surface area (Å²) < 4.78 is 4.92. The first-order valence-electron chi connectivity index (χ1n) is 6.09. The number of hydrogen-bond acceptors (Lipinski definition) is 4. The van der Waals surface area contributed by atoms with E-state index >= 15 is 0 Å². The second kappa shape index (κ2) is 6.05. The zero-order valence-electron chi connectivity index (χ0n) is 10.0. The van der Waals surface area contributed by atoms with Crippen LogP contribution >= 0.6 is 11.8 Å². The Morgan fingerprint density at radius 2 is 2.24 bits per heavy atom. The molecule has 0 atom stereocenters. The molecule has 0 saturated heterocycles. The molecule has 0 aliphatic heterocycles. The molecule has 1 aliphatic rings. The van der Waals surface area contributed by atoms with Crippen LogP contribution in [0.3, 0.4) is 0 Å². The molecular weight excluding hydrogens is 234 g/mol. The Morgan fingerprint density at radius 1 is 1.47 bits per heavy atom. The highest BCUT2D eigenvalue weighted by Crippen LogP contribution is 2.33. The molecule has 0 radical (unpaired) electrons. The number of pyridine rings is 1. The molecule has 0 unspecified atom stereocenters. The zero-order valence-corrected chi connectivity index (χ0v) is 10.8. The molecule has 92 valence electrons. The maximum Gasteiger partial charge on any atom is 0.339 e. The number of thioether (sulfide) groups is 1. The monoisotopic (exact) mass is 251 g/mol. The van der Waals surface area contributed by atoms with Gasteiger partial charge in [-0.15, -0.1) is 11.8 Å². The largest absolute Gasteiger partial charge is 0.462 e. The molecule has 0 bridgehead atoms. The van der Waals surface area contributed by atoms with Gasteiger partial charge < -0.3 is 4.74 Å². The molecule has 0 aromatic carbocycles. The lowest BCUT2D eigenvalue weighted by Gasteiger charge is -2.07. The molecule has 1 aliphatic carbocycles. The van der Waals surface area contributed by atoms with Crippen LogP contribution in [0.15, 0.2) is 23.4 Å². The lowest BCUT2D eigenvalue weighted by molar-refractivity contribution is 0.0525. The Hall–Kier alpha value is -1.03. The van der Waals surface area contributed by atoms with Gasteiger partial charge in [0.1, 0.15) is 0 Å². The van der Waals surface area contributed by atoms with Crippen LogP contribution in [-0.4, -0.2) is 22.8 Å². The second-order valence-electron chi connectivity index (χ2n) is 4.13. The van der Waals surface area contributed by atoms with Gasteiger partial charge >= 0.3 is 5.97 Å². The summed E-state index contributed by atoms with van der Waals surface area (Å²) in [5.74, 6) is -0.294. The minimum atomic E-state index is -0.294. The van der Waals surface area contributed by atoms with E-state index in [2.05, 4.69) is 4.98 Å². The molecule has 1 fully saturated rings. The van der Waals surface area contributed by atoms with Crippen molar-refractivity contribution < 1.29 is 9.53 Å². The number of carbonyl (C=O) groups is 1.